The molecule has 4 aromatic rings. The molecule has 1 heterocycles. The molecule has 0 aliphatic carbocycles. The van der Waals surface area contributed by atoms with Crippen molar-refractivity contribution in [3.8, 4) is 5.75 Å². The second kappa shape index (κ2) is 8.26. The molecule has 0 spiro atoms. The van der Waals surface area contributed by atoms with E-state index >= 15 is 0 Å². The van der Waals surface area contributed by atoms with Crippen LogP contribution in [0.15, 0.2) is 85.1 Å². The van der Waals surface area contributed by atoms with Crippen LogP contribution < -0.4 is 19.0 Å². The number of aromatic nitrogens is 1. The number of amides is 1. The van der Waals surface area contributed by atoms with Crippen molar-refractivity contribution in [1.82, 2.24) is 4.98 Å². The van der Waals surface area contributed by atoms with E-state index in [4.69, 9.17) is 4.74 Å². The van der Waals surface area contributed by atoms with Gasteiger partial charge in [0.2, 0.25) is 0 Å². The van der Waals surface area contributed by atoms with E-state index in [-0.39, 0.29) is 20.9 Å². The van der Waals surface area contributed by atoms with Crippen molar-refractivity contribution in [2.24, 2.45) is 0 Å². The summed E-state index contributed by atoms with van der Waals surface area (Å²) in [6.07, 6.45) is 1.75. The van der Waals surface area contributed by atoms with Gasteiger partial charge in [0.1, 0.15) is 0 Å². The third-order valence-corrected chi connectivity index (χ3v) is 6.57. The number of hydrogen-bond donors (Lipinski definition) is 1. The summed E-state index contributed by atoms with van der Waals surface area (Å²) in [5.41, 5.74) is 2.09. The van der Waals surface area contributed by atoms with Crippen LogP contribution >= 0.6 is 0 Å². The predicted molar refractivity (Wildman–Crippen MR) is 114 cm³/mol. The van der Waals surface area contributed by atoms with Crippen LogP contribution in [0.3, 0.4) is 0 Å². The second-order valence-electron chi connectivity index (χ2n) is 6.11. The molecule has 0 radical (unpaired) electrons. The molecule has 4 rings (SSSR count). The molecule has 0 bridgehead atoms. The molecule has 3 aromatic carbocycles. The van der Waals surface area contributed by atoms with Crippen LogP contribution in [0.1, 0.15) is 10.4 Å². The van der Waals surface area contributed by atoms with E-state index in [2.05, 4.69) is 46.7 Å². The van der Waals surface area contributed by atoms with E-state index < -0.39 is 0 Å². The zero-order chi connectivity index (χ0) is 19.3. The second-order valence-corrected chi connectivity index (χ2v) is 8.45. The molecule has 4 nitrogen and oxygen atoms in total. The van der Waals surface area contributed by atoms with Crippen LogP contribution in [0.4, 0.5) is 5.69 Å². The molecule has 0 aliphatic rings. The number of carbonyl (C=O) groups is 1. The normalized spacial score (nSPS) is 10.6. The summed E-state index contributed by atoms with van der Waals surface area (Å²) in [4.78, 5) is 17.2. The van der Waals surface area contributed by atoms with E-state index in [9.17, 15) is 4.79 Å². The summed E-state index contributed by atoms with van der Waals surface area (Å²) in [7, 11) is 1.60. The van der Waals surface area contributed by atoms with Gasteiger partial charge in [-0.05, 0) is 0 Å². The Balaban J connectivity index is 1.64. The molecule has 1 amide bonds. The van der Waals surface area contributed by atoms with Gasteiger partial charge in [-0.1, -0.05) is 0 Å². The van der Waals surface area contributed by atoms with Crippen molar-refractivity contribution in [2.75, 3.05) is 12.4 Å². The number of benzene rings is 3. The minimum atomic E-state index is -0.170. The summed E-state index contributed by atoms with van der Waals surface area (Å²) in [6, 6.07) is 25.5. The Labute approximate surface area is 169 Å². The number of pyridine rings is 1. The maximum atomic E-state index is 12.7. The van der Waals surface area contributed by atoms with Crippen molar-refractivity contribution < 1.29 is 9.53 Å². The molecule has 1 aromatic heterocycles. The summed E-state index contributed by atoms with van der Waals surface area (Å²) in [6.45, 7) is 0. The summed E-state index contributed by atoms with van der Waals surface area (Å²) in [5, 5.41) is 4.06. The van der Waals surface area contributed by atoms with Gasteiger partial charge in [0.05, 0.1) is 0 Å². The van der Waals surface area contributed by atoms with E-state index in [0.717, 1.165) is 16.7 Å². The number of ether oxygens (including phenoxy) is 1. The van der Waals surface area contributed by atoms with E-state index in [0.29, 0.717) is 11.3 Å². The van der Waals surface area contributed by atoms with Crippen LogP contribution in [0.2, 0.25) is 0 Å². The van der Waals surface area contributed by atoms with E-state index in [1.807, 2.05) is 18.2 Å². The van der Waals surface area contributed by atoms with Gasteiger partial charge < -0.3 is 0 Å². The fraction of sp³-hybridized carbons (Fsp3) is 0.0435. The van der Waals surface area contributed by atoms with Crippen molar-refractivity contribution in [3.63, 3.8) is 0 Å². The molecule has 0 saturated heterocycles. The first-order chi connectivity index (χ1) is 13.7. The molecular formula is C23H18N2O2Se. The van der Waals surface area contributed by atoms with Gasteiger partial charge in [-0.15, -0.1) is 0 Å². The summed E-state index contributed by atoms with van der Waals surface area (Å²) >= 11 is 0.168. The average molecular weight is 433 g/mol. The van der Waals surface area contributed by atoms with Gasteiger partial charge in [-0.25, -0.2) is 0 Å². The van der Waals surface area contributed by atoms with Crippen LogP contribution in [0.5, 0.6) is 5.75 Å². The summed E-state index contributed by atoms with van der Waals surface area (Å²) < 4.78 is 7.69. The standard InChI is InChI=1S/C23H18N2O2Se/c1-27-17-11-9-16(10-12-17)23(26)25-20-13-14-21(19-8-5-15-24-22(19)20)28-18-6-3-2-4-7-18/h2-15H,1H3,(H,25,26). The molecule has 138 valence electrons. The molecule has 1 N–H and O–H groups in total. The van der Waals surface area contributed by atoms with Gasteiger partial charge in [0, 0.05) is 0 Å². The fourth-order valence-corrected chi connectivity index (χ4v) is 4.90. The number of nitrogens with zero attached hydrogens (tertiary/aromatic N) is 1. The molecule has 0 unspecified atom stereocenters. The number of rotatable bonds is 5. The van der Waals surface area contributed by atoms with Crippen LogP contribution in [0.25, 0.3) is 10.9 Å². The Morgan fingerprint density at radius 2 is 1.71 bits per heavy atom. The van der Waals surface area contributed by atoms with Gasteiger partial charge >= 0.3 is 170 Å². The monoisotopic (exact) mass is 434 g/mol. The Morgan fingerprint density at radius 1 is 0.929 bits per heavy atom. The van der Waals surface area contributed by atoms with Crippen LogP contribution in [-0.4, -0.2) is 33.0 Å². The third kappa shape index (κ3) is 3.91. The average Bonchev–Trinajstić information content (AvgIpc) is 2.76. The van der Waals surface area contributed by atoms with Gasteiger partial charge in [-0.2, -0.15) is 0 Å². The fourth-order valence-electron chi connectivity index (χ4n) is 2.89. The third-order valence-electron chi connectivity index (χ3n) is 4.30. The van der Waals surface area contributed by atoms with E-state index in [1.165, 1.54) is 8.92 Å². The Bertz CT molecular complexity index is 1110. The first-order valence-corrected chi connectivity index (χ1v) is 10.5. The maximum absolute atomic E-state index is 12.7. The number of fused-ring (bicyclic) bond motifs is 1. The van der Waals surface area contributed by atoms with Crippen molar-refractivity contribution in [1.29, 1.82) is 0 Å². The molecular weight excluding hydrogens is 415 g/mol. The molecule has 0 atom stereocenters. The summed E-state index contributed by atoms with van der Waals surface area (Å²) in [5.74, 6) is 0.548. The van der Waals surface area contributed by atoms with Gasteiger partial charge in [0.15, 0.2) is 0 Å². The minimum absolute atomic E-state index is 0.168. The number of methoxy groups -OCH3 is 1. The quantitative estimate of drug-likeness (QED) is 0.492. The molecule has 0 fully saturated rings. The van der Waals surface area contributed by atoms with Gasteiger partial charge in [0.25, 0.3) is 0 Å². The number of carbonyl (C=O) groups excluding carboxylic acids is 1. The van der Waals surface area contributed by atoms with E-state index in [1.54, 1.807) is 37.6 Å². The van der Waals surface area contributed by atoms with Crippen LogP contribution in [-0.2, 0) is 0 Å². The Hall–Kier alpha value is -3.14. The van der Waals surface area contributed by atoms with Crippen molar-refractivity contribution >= 4 is 46.4 Å². The first kappa shape index (κ1) is 18.2. The zero-order valence-electron chi connectivity index (χ0n) is 15.3. The number of anilines is 1. The SMILES string of the molecule is COc1ccc(C(=O)Nc2ccc([Se]c3ccccc3)c3cccnc23)cc1. The van der Waals surface area contributed by atoms with Crippen LogP contribution in [0, 0.1) is 0 Å². The van der Waals surface area contributed by atoms with Crippen molar-refractivity contribution in [3.05, 3.63) is 90.6 Å². The molecule has 0 saturated carbocycles. The molecule has 28 heavy (non-hydrogen) atoms. The zero-order valence-corrected chi connectivity index (χ0v) is 17.0. The Morgan fingerprint density at radius 3 is 2.46 bits per heavy atom. The number of nitrogens with one attached hydrogen (secondary N) is 1. The number of hydrogen-bond acceptors (Lipinski definition) is 3. The molecule has 5 heteroatoms. The van der Waals surface area contributed by atoms with Crippen molar-refractivity contribution in [2.45, 2.75) is 0 Å². The Kier molecular flexibility index (Phi) is 5.38. The predicted octanol–water partition coefficient (Wildman–Crippen LogP) is 3.15. The first-order valence-electron chi connectivity index (χ1n) is 8.80. The topological polar surface area (TPSA) is 51.2 Å². The van der Waals surface area contributed by atoms with Gasteiger partial charge in [-0.3, -0.25) is 0 Å². The molecule has 0 aliphatic heterocycles.